The number of nitrogens with zero attached hydrogens (tertiary/aromatic N) is 2. The van der Waals surface area contributed by atoms with E-state index in [9.17, 15) is 9.59 Å². The van der Waals surface area contributed by atoms with E-state index < -0.39 is 5.60 Å². The Morgan fingerprint density at radius 1 is 1.09 bits per heavy atom. The zero-order valence-electron chi connectivity index (χ0n) is 20.4. The molecule has 2 heterocycles. The summed E-state index contributed by atoms with van der Waals surface area (Å²) < 4.78 is 22.3. The van der Waals surface area contributed by atoms with Gasteiger partial charge in [-0.25, -0.2) is 0 Å². The lowest BCUT2D eigenvalue weighted by atomic mass is 9.99. The number of hydrogen-bond acceptors (Lipinski definition) is 7. The minimum Gasteiger partial charge on any atom is -0.495 e. The number of rotatable bonds is 9. The van der Waals surface area contributed by atoms with Gasteiger partial charge in [-0.3, -0.25) is 14.5 Å². The molecule has 1 aromatic carbocycles. The molecule has 1 aliphatic rings. The number of nitrogens with one attached hydrogen (secondary N) is 1. The number of methoxy groups -OCH3 is 3. The van der Waals surface area contributed by atoms with E-state index in [1.54, 1.807) is 24.3 Å². The van der Waals surface area contributed by atoms with Crippen molar-refractivity contribution in [1.29, 1.82) is 0 Å². The summed E-state index contributed by atoms with van der Waals surface area (Å²) in [5.74, 6) is 1.72. The van der Waals surface area contributed by atoms with Crippen LogP contribution in [0.1, 0.15) is 43.1 Å². The van der Waals surface area contributed by atoms with Crippen LogP contribution in [0.4, 0.5) is 5.82 Å². The van der Waals surface area contributed by atoms with Crippen LogP contribution in [-0.4, -0.2) is 56.8 Å². The highest BCUT2D eigenvalue weighted by Gasteiger charge is 2.29. The standard InChI is InChI=1S/C25H31N3O6/c1-16(29)26-14-7-15-28(21-11-10-20(31-4)23(27-21)33-6)24(30)18-8-9-19-17(22(18)32-5)12-13-25(2,3)34-19/h8-13H,7,14-15H2,1-6H3,(H,26,29). The number of anilines is 1. The first-order valence-electron chi connectivity index (χ1n) is 10.9. The van der Waals surface area contributed by atoms with Gasteiger partial charge in [-0.15, -0.1) is 0 Å². The second kappa shape index (κ2) is 10.5. The molecule has 34 heavy (non-hydrogen) atoms. The molecule has 0 radical (unpaired) electrons. The monoisotopic (exact) mass is 469 g/mol. The fourth-order valence-electron chi connectivity index (χ4n) is 3.66. The maximum Gasteiger partial charge on any atom is 0.263 e. The minimum absolute atomic E-state index is 0.131. The zero-order valence-corrected chi connectivity index (χ0v) is 20.4. The summed E-state index contributed by atoms with van der Waals surface area (Å²) >= 11 is 0. The van der Waals surface area contributed by atoms with Gasteiger partial charge in [-0.05, 0) is 56.7 Å². The Hall–Kier alpha value is -3.75. The van der Waals surface area contributed by atoms with Gasteiger partial charge < -0.3 is 24.3 Å². The van der Waals surface area contributed by atoms with E-state index in [1.165, 1.54) is 33.2 Å². The van der Waals surface area contributed by atoms with Crippen molar-refractivity contribution in [2.45, 2.75) is 32.8 Å². The lowest BCUT2D eigenvalue weighted by molar-refractivity contribution is -0.118. The lowest BCUT2D eigenvalue weighted by Crippen LogP contribution is -2.35. The van der Waals surface area contributed by atoms with Crippen LogP contribution in [0.15, 0.2) is 30.3 Å². The average Bonchev–Trinajstić information content (AvgIpc) is 2.81. The van der Waals surface area contributed by atoms with Crippen LogP contribution >= 0.6 is 0 Å². The number of carbonyl (C=O) groups is 2. The Morgan fingerprint density at radius 3 is 2.50 bits per heavy atom. The van der Waals surface area contributed by atoms with Crippen molar-refractivity contribution in [1.82, 2.24) is 10.3 Å². The molecular weight excluding hydrogens is 438 g/mol. The van der Waals surface area contributed by atoms with Crippen molar-refractivity contribution >= 4 is 23.7 Å². The Kier molecular flexibility index (Phi) is 7.65. The zero-order chi connectivity index (χ0) is 24.9. The van der Waals surface area contributed by atoms with Crippen molar-refractivity contribution in [3.8, 4) is 23.1 Å². The predicted molar refractivity (Wildman–Crippen MR) is 129 cm³/mol. The van der Waals surface area contributed by atoms with Crippen LogP contribution in [-0.2, 0) is 4.79 Å². The highest BCUT2D eigenvalue weighted by molar-refractivity contribution is 6.08. The van der Waals surface area contributed by atoms with Crippen molar-refractivity contribution in [2.75, 3.05) is 39.3 Å². The van der Waals surface area contributed by atoms with Crippen molar-refractivity contribution in [3.05, 3.63) is 41.5 Å². The van der Waals surface area contributed by atoms with Gasteiger partial charge in [0.1, 0.15) is 22.9 Å². The maximum absolute atomic E-state index is 13.8. The molecule has 0 saturated carbocycles. The molecule has 2 aromatic rings. The molecular formula is C25H31N3O6. The number of hydrogen-bond donors (Lipinski definition) is 1. The number of amides is 2. The number of carbonyl (C=O) groups excluding carboxylic acids is 2. The molecule has 0 saturated heterocycles. The number of aromatic nitrogens is 1. The Labute approximate surface area is 199 Å². The van der Waals surface area contributed by atoms with Gasteiger partial charge in [0.05, 0.1) is 32.5 Å². The van der Waals surface area contributed by atoms with Gasteiger partial charge in [-0.2, -0.15) is 4.98 Å². The lowest BCUT2D eigenvalue weighted by Gasteiger charge is -2.30. The molecule has 1 N–H and O–H groups in total. The molecule has 2 amide bonds. The third kappa shape index (κ3) is 5.41. The van der Waals surface area contributed by atoms with E-state index in [2.05, 4.69) is 10.3 Å². The van der Waals surface area contributed by atoms with E-state index in [4.69, 9.17) is 18.9 Å². The van der Waals surface area contributed by atoms with Gasteiger partial charge in [0, 0.05) is 20.0 Å². The third-order valence-electron chi connectivity index (χ3n) is 5.29. The smallest absolute Gasteiger partial charge is 0.263 e. The van der Waals surface area contributed by atoms with Crippen LogP contribution < -0.4 is 29.2 Å². The highest BCUT2D eigenvalue weighted by Crippen LogP contribution is 2.40. The summed E-state index contributed by atoms with van der Waals surface area (Å²) in [5, 5.41) is 2.75. The largest absolute Gasteiger partial charge is 0.495 e. The SMILES string of the molecule is COc1ccc(N(CCCNC(C)=O)C(=O)c2ccc3c(c2OC)C=CC(C)(C)O3)nc1OC. The summed E-state index contributed by atoms with van der Waals surface area (Å²) in [7, 11) is 4.53. The average molecular weight is 470 g/mol. The second-order valence-electron chi connectivity index (χ2n) is 8.27. The minimum atomic E-state index is -0.456. The summed E-state index contributed by atoms with van der Waals surface area (Å²) in [6.07, 6.45) is 4.35. The first-order chi connectivity index (χ1) is 16.2. The highest BCUT2D eigenvalue weighted by atomic mass is 16.5. The normalized spacial score (nSPS) is 13.4. The summed E-state index contributed by atoms with van der Waals surface area (Å²) in [6.45, 7) is 6.09. The van der Waals surface area contributed by atoms with Crippen LogP contribution in [0.3, 0.4) is 0 Å². The number of benzene rings is 1. The quantitative estimate of drug-likeness (QED) is 0.562. The van der Waals surface area contributed by atoms with Crippen LogP contribution in [0.5, 0.6) is 23.1 Å². The summed E-state index contributed by atoms with van der Waals surface area (Å²) in [4.78, 5) is 31.1. The van der Waals surface area contributed by atoms with Crippen molar-refractivity contribution in [3.63, 3.8) is 0 Å². The molecule has 0 aliphatic carbocycles. The molecule has 1 aliphatic heterocycles. The van der Waals surface area contributed by atoms with E-state index in [0.717, 1.165) is 0 Å². The van der Waals surface area contributed by atoms with Gasteiger partial charge in [0.25, 0.3) is 11.8 Å². The predicted octanol–water partition coefficient (Wildman–Crippen LogP) is 3.46. The summed E-state index contributed by atoms with van der Waals surface area (Å²) in [5.41, 5.74) is 0.611. The van der Waals surface area contributed by atoms with Crippen molar-refractivity contribution in [2.24, 2.45) is 0 Å². The fraction of sp³-hybridized carbons (Fsp3) is 0.400. The third-order valence-corrected chi connectivity index (χ3v) is 5.29. The number of ether oxygens (including phenoxy) is 4. The van der Waals surface area contributed by atoms with Gasteiger partial charge in [-0.1, -0.05) is 0 Å². The Balaban J connectivity index is 2.01. The first-order valence-corrected chi connectivity index (χ1v) is 10.9. The maximum atomic E-state index is 13.8. The van der Waals surface area contributed by atoms with E-state index in [0.29, 0.717) is 53.7 Å². The number of fused-ring (bicyclic) bond motifs is 1. The molecule has 3 rings (SSSR count). The molecule has 9 nitrogen and oxygen atoms in total. The molecule has 182 valence electrons. The van der Waals surface area contributed by atoms with E-state index in [-0.39, 0.29) is 17.7 Å². The molecule has 0 fully saturated rings. The van der Waals surface area contributed by atoms with Crippen LogP contribution in [0.2, 0.25) is 0 Å². The van der Waals surface area contributed by atoms with Gasteiger partial charge in [0.15, 0.2) is 5.75 Å². The molecule has 1 aromatic heterocycles. The fourth-order valence-corrected chi connectivity index (χ4v) is 3.66. The van der Waals surface area contributed by atoms with E-state index >= 15 is 0 Å². The second-order valence-corrected chi connectivity index (χ2v) is 8.27. The Bertz CT molecular complexity index is 1100. The number of pyridine rings is 1. The van der Waals surface area contributed by atoms with Crippen molar-refractivity contribution < 1.29 is 28.5 Å². The van der Waals surface area contributed by atoms with Gasteiger partial charge in [0.2, 0.25) is 5.91 Å². The molecule has 0 bridgehead atoms. The Morgan fingerprint density at radius 2 is 1.85 bits per heavy atom. The van der Waals surface area contributed by atoms with Crippen LogP contribution in [0, 0.1) is 0 Å². The summed E-state index contributed by atoms with van der Waals surface area (Å²) in [6, 6.07) is 6.84. The molecule has 0 atom stereocenters. The van der Waals surface area contributed by atoms with Crippen LogP contribution in [0.25, 0.3) is 6.08 Å². The van der Waals surface area contributed by atoms with Gasteiger partial charge >= 0.3 is 0 Å². The van der Waals surface area contributed by atoms with E-state index in [1.807, 2.05) is 26.0 Å². The topological polar surface area (TPSA) is 99.2 Å². The molecule has 0 spiro atoms. The molecule has 9 heteroatoms. The first kappa shape index (κ1) is 24.9. The molecule has 0 unspecified atom stereocenters.